The summed E-state index contributed by atoms with van der Waals surface area (Å²) in [5.41, 5.74) is 10.7. The van der Waals surface area contributed by atoms with Gasteiger partial charge in [0, 0.05) is 30.1 Å². The molecule has 1 aliphatic heterocycles. The van der Waals surface area contributed by atoms with E-state index in [4.69, 9.17) is 15.7 Å². The van der Waals surface area contributed by atoms with Gasteiger partial charge in [-0.25, -0.2) is 9.97 Å². The molecular formula is C24H26BN5O3. The molecule has 3 aromatic rings. The number of hydrogen-bond acceptors (Lipinski definition) is 7. The van der Waals surface area contributed by atoms with Gasteiger partial charge in [-0.2, -0.15) is 0 Å². The Hall–Kier alpha value is -3.43. The number of carbonyl (C=O) groups excluding carboxylic acids is 1. The molecular weight excluding hydrogens is 417 g/mol. The first-order valence-corrected chi connectivity index (χ1v) is 11.2. The number of rotatable bonds is 6. The zero-order valence-corrected chi connectivity index (χ0v) is 18.4. The molecule has 1 amide bonds. The summed E-state index contributed by atoms with van der Waals surface area (Å²) in [6.07, 6.45) is 1.59. The van der Waals surface area contributed by atoms with Crippen LogP contribution in [0.15, 0.2) is 42.5 Å². The van der Waals surface area contributed by atoms with Crippen LogP contribution in [-0.2, 0) is 19.4 Å². The number of fused-ring (bicyclic) bond motifs is 2. The lowest BCUT2D eigenvalue weighted by molar-refractivity contribution is 0.0999. The van der Waals surface area contributed by atoms with E-state index in [9.17, 15) is 14.8 Å². The molecule has 33 heavy (non-hydrogen) atoms. The van der Waals surface area contributed by atoms with Gasteiger partial charge in [0.05, 0.1) is 0 Å². The predicted octanol–water partition coefficient (Wildman–Crippen LogP) is 1.16. The number of carbonyl (C=O) groups is 1. The number of nitrogens with zero attached hydrogens (tertiary/aromatic N) is 2. The average Bonchev–Trinajstić information content (AvgIpc) is 3.40. The van der Waals surface area contributed by atoms with Crippen LogP contribution in [0.2, 0.25) is 0 Å². The maximum Gasteiger partial charge on any atom is 0.488 e. The van der Waals surface area contributed by atoms with Crippen LogP contribution in [0.25, 0.3) is 0 Å². The molecule has 0 bridgehead atoms. The van der Waals surface area contributed by atoms with E-state index in [0.29, 0.717) is 17.6 Å². The van der Waals surface area contributed by atoms with Crippen molar-refractivity contribution in [2.24, 2.45) is 11.7 Å². The van der Waals surface area contributed by atoms with E-state index in [1.165, 1.54) is 0 Å². The third-order valence-electron chi connectivity index (χ3n) is 6.59. The van der Waals surface area contributed by atoms with Crippen molar-refractivity contribution in [1.82, 2.24) is 9.97 Å². The van der Waals surface area contributed by atoms with E-state index in [-0.39, 0.29) is 11.8 Å². The Morgan fingerprint density at radius 3 is 2.82 bits per heavy atom. The fraction of sp³-hybridized carbons (Fsp3) is 0.292. The van der Waals surface area contributed by atoms with Crippen molar-refractivity contribution in [2.45, 2.75) is 32.2 Å². The maximum absolute atomic E-state index is 11.9. The average molecular weight is 443 g/mol. The zero-order valence-electron chi connectivity index (χ0n) is 18.4. The molecule has 2 aromatic carbocycles. The van der Waals surface area contributed by atoms with Crippen LogP contribution in [0.3, 0.4) is 0 Å². The number of primary amides is 1. The third-order valence-corrected chi connectivity index (χ3v) is 6.59. The molecule has 0 saturated carbocycles. The van der Waals surface area contributed by atoms with E-state index in [2.05, 4.69) is 17.6 Å². The first-order chi connectivity index (χ1) is 15.9. The van der Waals surface area contributed by atoms with Crippen molar-refractivity contribution in [3.63, 3.8) is 0 Å². The van der Waals surface area contributed by atoms with Gasteiger partial charge >= 0.3 is 7.12 Å². The van der Waals surface area contributed by atoms with Crippen molar-refractivity contribution in [2.75, 3.05) is 17.2 Å². The van der Waals surface area contributed by atoms with Gasteiger partial charge in [-0.3, -0.25) is 4.79 Å². The van der Waals surface area contributed by atoms with Gasteiger partial charge in [-0.05, 0) is 47.0 Å². The smallest absolute Gasteiger partial charge is 0.423 e. The molecule has 1 aromatic heterocycles. The standard InChI is InChI=1S/C24H26BN5O3/c1-13-10-19-16(6-3-7-17(19)21(26)31)20(13)24-29-22-18(8-9-27-22)23(30-24)28-12-14-4-2-5-15(11-14)25(32)33/h2-7,11,13,20,32-33H,8-10,12H2,1H3,(H2,26,31)(H2,27,28,29,30). The second-order valence-corrected chi connectivity index (χ2v) is 8.80. The summed E-state index contributed by atoms with van der Waals surface area (Å²) in [7, 11) is -1.50. The van der Waals surface area contributed by atoms with E-state index in [0.717, 1.165) is 59.1 Å². The highest BCUT2D eigenvalue weighted by Gasteiger charge is 2.36. The van der Waals surface area contributed by atoms with Gasteiger partial charge in [0.25, 0.3) is 0 Å². The second-order valence-electron chi connectivity index (χ2n) is 8.80. The number of nitrogens with one attached hydrogen (secondary N) is 2. The zero-order chi connectivity index (χ0) is 23.1. The van der Waals surface area contributed by atoms with Crippen LogP contribution in [0.4, 0.5) is 11.6 Å². The summed E-state index contributed by atoms with van der Waals surface area (Å²) in [5, 5.41) is 25.7. The highest BCUT2D eigenvalue weighted by Crippen LogP contribution is 2.43. The minimum atomic E-state index is -1.50. The molecule has 5 rings (SSSR count). The molecule has 0 fully saturated rings. The van der Waals surface area contributed by atoms with E-state index in [1.54, 1.807) is 24.3 Å². The highest BCUT2D eigenvalue weighted by atomic mass is 16.4. The topological polar surface area (TPSA) is 133 Å². The number of benzene rings is 2. The molecule has 9 heteroatoms. The minimum Gasteiger partial charge on any atom is -0.423 e. The fourth-order valence-corrected chi connectivity index (χ4v) is 5.02. The van der Waals surface area contributed by atoms with Gasteiger partial charge in [0.2, 0.25) is 5.91 Å². The SMILES string of the molecule is CC1Cc2c(C(N)=O)cccc2C1c1nc2c(c(NCc3cccc(B(O)O)c3)n1)CCN2. The van der Waals surface area contributed by atoms with Gasteiger partial charge < -0.3 is 26.4 Å². The molecule has 168 valence electrons. The van der Waals surface area contributed by atoms with Gasteiger partial charge in [0.1, 0.15) is 17.5 Å². The lowest BCUT2D eigenvalue weighted by Crippen LogP contribution is -2.30. The van der Waals surface area contributed by atoms with E-state index < -0.39 is 13.0 Å². The van der Waals surface area contributed by atoms with Gasteiger partial charge in [-0.1, -0.05) is 43.3 Å². The van der Waals surface area contributed by atoms with Gasteiger partial charge in [-0.15, -0.1) is 0 Å². The van der Waals surface area contributed by atoms with Crippen LogP contribution < -0.4 is 21.8 Å². The first-order valence-electron chi connectivity index (χ1n) is 11.2. The molecule has 1 aliphatic carbocycles. The monoisotopic (exact) mass is 443 g/mol. The molecule has 2 atom stereocenters. The molecule has 2 aliphatic rings. The number of aromatic nitrogens is 2. The Morgan fingerprint density at radius 1 is 1.21 bits per heavy atom. The molecule has 2 unspecified atom stereocenters. The number of hydrogen-bond donors (Lipinski definition) is 5. The normalized spacial score (nSPS) is 18.4. The molecule has 2 heterocycles. The lowest BCUT2D eigenvalue weighted by atomic mass is 9.79. The van der Waals surface area contributed by atoms with E-state index >= 15 is 0 Å². The molecule has 6 N–H and O–H groups in total. The van der Waals surface area contributed by atoms with E-state index in [1.807, 2.05) is 18.2 Å². The lowest BCUT2D eigenvalue weighted by Gasteiger charge is -2.19. The molecule has 0 saturated heterocycles. The van der Waals surface area contributed by atoms with Crippen molar-refractivity contribution in [3.05, 3.63) is 76.1 Å². The Kier molecular flexibility index (Phi) is 5.51. The van der Waals surface area contributed by atoms with Crippen molar-refractivity contribution in [3.8, 4) is 0 Å². The molecule has 8 nitrogen and oxygen atoms in total. The van der Waals surface area contributed by atoms with Crippen LogP contribution in [0.1, 0.15) is 51.3 Å². The number of nitrogens with two attached hydrogens (primary N) is 1. The number of amides is 1. The Balaban J connectivity index is 1.49. The summed E-state index contributed by atoms with van der Waals surface area (Å²) < 4.78 is 0. The largest absolute Gasteiger partial charge is 0.488 e. The summed E-state index contributed by atoms with van der Waals surface area (Å²) in [6, 6.07) is 12.9. The predicted molar refractivity (Wildman–Crippen MR) is 127 cm³/mol. The highest BCUT2D eigenvalue weighted by molar-refractivity contribution is 6.58. The van der Waals surface area contributed by atoms with Gasteiger partial charge in [0.15, 0.2) is 0 Å². The van der Waals surface area contributed by atoms with Crippen LogP contribution >= 0.6 is 0 Å². The Bertz CT molecular complexity index is 1230. The third kappa shape index (κ3) is 3.94. The molecule has 0 spiro atoms. The fourth-order valence-electron chi connectivity index (χ4n) is 5.02. The summed E-state index contributed by atoms with van der Waals surface area (Å²) in [5.74, 6) is 2.14. The van der Waals surface area contributed by atoms with Crippen molar-refractivity contribution < 1.29 is 14.8 Å². The second kappa shape index (κ2) is 8.49. The number of anilines is 2. The molecule has 0 radical (unpaired) electrons. The van der Waals surface area contributed by atoms with Crippen LogP contribution in [0.5, 0.6) is 0 Å². The minimum absolute atomic E-state index is 0.0274. The maximum atomic E-state index is 11.9. The summed E-state index contributed by atoms with van der Waals surface area (Å²) in [6.45, 7) is 3.45. The van der Waals surface area contributed by atoms with Crippen molar-refractivity contribution in [1.29, 1.82) is 0 Å². The quantitative estimate of drug-likeness (QED) is 0.361. The Morgan fingerprint density at radius 2 is 2.03 bits per heavy atom. The van der Waals surface area contributed by atoms with Crippen molar-refractivity contribution >= 4 is 30.1 Å². The summed E-state index contributed by atoms with van der Waals surface area (Å²) in [4.78, 5) is 21.8. The van der Waals surface area contributed by atoms with Crippen LogP contribution in [-0.4, -0.2) is 39.6 Å². The van der Waals surface area contributed by atoms with Crippen LogP contribution in [0, 0.1) is 5.92 Å². The summed E-state index contributed by atoms with van der Waals surface area (Å²) >= 11 is 0. The Labute approximate surface area is 192 Å². The first kappa shape index (κ1) is 21.4.